The smallest absolute Gasteiger partial charge is 0.310 e. The Morgan fingerprint density at radius 1 is 1.23 bits per heavy atom. The number of benzene rings is 1. The zero-order chi connectivity index (χ0) is 16.9. The summed E-state index contributed by atoms with van der Waals surface area (Å²) in [6, 6.07) is 4.97. The monoisotopic (exact) mass is 297 g/mol. The Balaban J connectivity index is 2.32. The molecule has 0 bridgehead atoms. The van der Waals surface area contributed by atoms with Crippen LogP contribution in [0, 0.1) is 0 Å². The molecule has 1 aliphatic rings. The van der Waals surface area contributed by atoms with Crippen molar-refractivity contribution < 1.29 is 19.4 Å². The lowest BCUT2D eigenvalue weighted by Crippen LogP contribution is -2.62. The first kappa shape index (κ1) is 17.1. The van der Waals surface area contributed by atoms with E-state index in [0.29, 0.717) is 17.1 Å². The second kappa shape index (κ2) is 5.13. The standard InChI is InChI=1S/C12H20B5NO4/c1-10(13,18(2)11(14,15)16)9(19)6-3-4-7-8(5-6)22-12(17,20)21-7/h3-5,20H,13-17H2,1-2H3. The van der Waals surface area contributed by atoms with E-state index in [1.165, 1.54) is 7.85 Å². The highest BCUT2D eigenvalue weighted by Crippen LogP contribution is 2.38. The number of hydrogen-bond acceptors (Lipinski definition) is 5. The number of ether oxygens (including phenoxy) is 2. The molecule has 0 aliphatic carbocycles. The van der Waals surface area contributed by atoms with Crippen LogP contribution >= 0.6 is 0 Å². The van der Waals surface area contributed by atoms with Crippen LogP contribution in [0.5, 0.6) is 11.5 Å². The molecule has 5 nitrogen and oxygen atoms in total. The molecule has 2 unspecified atom stereocenters. The van der Waals surface area contributed by atoms with Crippen molar-refractivity contribution in [3.05, 3.63) is 23.8 Å². The topological polar surface area (TPSA) is 59.0 Å². The van der Waals surface area contributed by atoms with E-state index in [2.05, 4.69) is 23.5 Å². The Kier molecular flexibility index (Phi) is 3.99. The second-order valence-corrected chi connectivity index (χ2v) is 7.38. The molecule has 1 aromatic rings. The van der Waals surface area contributed by atoms with Gasteiger partial charge < -0.3 is 19.5 Å². The molecular formula is C12H20B5NO4. The molecule has 112 valence electrons. The van der Waals surface area contributed by atoms with E-state index in [-0.39, 0.29) is 11.0 Å². The number of carbonyl (C=O) groups is 1. The average molecular weight is 296 g/mol. The molecular weight excluding hydrogens is 276 g/mol. The molecule has 0 amide bonds. The molecule has 1 aromatic carbocycles. The number of carbonyl (C=O) groups excluding carboxylic acids is 1. The molecule has 10 heteroatoms. The van der Waals surface area contributed by atoms with Crippen molar-refractivity contribution in [1.29, 1.82) is 0 Å². The van der Waals surface area contributed by atoms with Gasteiger partial charge in [0.25, 0.3) is 7.85 Å². The Bertz CT molecular complexity index is 614. The maximum absolute atomic E-state index is 12.9. The molecule has 2 rings (SSSR count). The van der Waals surface area contributed by atoms with Gasteiger partial charge in [0.05, 0.1) is 0 Å². The summed E-state index contributed by atoms with van der Waals surface area (Å²) in [5.74, 6) is -0.877. The zero-order valence-electron chi connectivity index (χ0n) is 14.4. The van der Waals surface area contributed by atoms with E-state index in [4.69, 9.17) is 9.47 Å². The molecule has 0 aromatic heterocycles. The van der Waals surface area contributed by atoms with Gasteiger partial charge in [-0.3, -0.25) is 4.79 Å². The highest BCUT2D eigenvalue weighted by atomic mass is 16.8. The van der Waals surface area contributed by atoms with Crippen molar-refractivity contribution in [1.82, 2.24) is 4.90 Å². The van der Waals surface area contributed by atoms with Crippen molar-refractivity contribution in [3.8, 4) is 11.5 Å². The fraction of sp³-hybridized carbons (Fsp3) is 0.417. The third kappa shape index (κ3) is 3.08. The normalized spacial score (nSPS) is 23.3. The number of rotatable bonds is 4. The number of Topliss-reactive ketones (excluding diaryl/α,β-unsaturated/α-hetero) is 1. The molecule has 0 spiro atoms. The van der Waals surface area contributed by atoms with Crippen molar-refractivity contribution in [3.63, 3.8) is 0 Å². The number of aliphatic hydroxyl groups is 1. The minimum Gasteiger partial charge on any atom is -0.435 e. The summed E-state index contributed by atoms with van der Waals surface area (Å²) in [5, 5.41) is 9.62. The zero-order valence-corrected chi connectivity index (χ0v) is 14.4. The fourth-order valence-corrected chi connectivity index (χ4v) is 2.59. The van der Waals surface area contributed by atoms with Gasteiger partial charge in [0.2, 0.25) is 0 Å². The van der Waals surface area contributed by atoms with Crippen LogP contribution in [-0.2, 0) is 0 Å². The Labute approximate surface area is 135 Å². The average Bonchev–Trinajstić information content (AvgIpc) is 2.68. The molecule has 1 aliphatic heterocycles. The van der Waals surface area contributed by atoms with Gasteiger partial charge in [0.1, 0.15) is 31.4 Å². The molecule has 0 saturated heterocycles. The third-order valence-electron chi connectivity index (χ3n) is 4.20. The first-order valence-electron chi connectivity index (χ1n) is 7.38. The summed E-state index contributed by atoms with van der Waals surface area (Å²) in [6.45, 7) is 1.90. The summed E-state index contributed by atoms with van der Waals surface area (Å²) in [4.78, 5) is 15.0. The van der Waals surface area contributed by atoms with Crippen molar-refractivity contribution in [2.75, 3.05) is 7.05 Å². The molecule has 0 fully saturated rings. The molecule has 2 atom stereocenters. The number of fused-ring (bicyclic) bond motifs is 1. The van der Waals surface area contributed by atoms with Crippen LogP contribution in [0.15, 0.2) is 18.2 Å². The lowest BCUT2D eigenvalue weighted by molar-refractivity contribution is -0.178. The van der Waals surface area contributed by atoms with Crippen LogP contribution in [0.4, 0.5) is 0 Å². The van der Waals surface area contributed by atoms with E-state index in [1.54, 1.807) is 18.2 Å². The highest BCUT2D eigenvalue weighted by Gasteiger charge is 2.39. The minimum absolute atomic E-state index is 0.0112. The van der Waals surface area contributed by atoms with E-state index in [1.807, 2.05) is 26.7 Å². The summed E-state index contributed by atoms with van der Waals surface area (Å²) in [5.41, 5.74) is -0.143. The highest BCUT2D eigenvalue weighted by molar-refractivity contribution is 6.59. The molecule has 22 heavy (non-hydrogen) atoms. The summed E-state index contributed by atoms with van der Waals surface area (Å²) in [7, 11) is 11.5. The van der Waals surface area contributed by atoms with Crippen LogP contribution in [0.1, 0.15) is 17.3 Å². The van der Waals surface area contributed by atoms with Crippen molar-refractivity contribution in [2.24, 2.45) is 0 Å². The van der Waals surface area contributed by atoms with Gasteiger partial charge in [0.15, 0.2) is 17.3 Å². The molecule has 1 heterocycles. The van der Waals surface area contributed by atoms with E-state index in [0.717, 1.165) is 0 Å². The molecule has 1 N–H and O–H groups in total. The number of likely N-dealkylation sites (N-methyl/N-ethyl adjacent to an activating group) is 1. The lowest BCUT2D eigenvalue weighted by atomic mass is 9.46. The Morgan fingerprint density at radius 2 is 1.77 bits per heavy atom. The van der Waals surface area contributed by atoms with Crippen molar-refractivity contribution in [2.45, 2.75) is 23.5 Å². The predicted molar refractivity (Wildman–Crippen MR) is 98.6 cm³/mol. The van der Waals surface area contributed by atoms with E-state index in [9.17, 15) is 9.90 Å². The van der Waals surface area contributed by atoms with Crippen LogP contribution in [-0.4, -0.2) is 78.6 Å². The van der Waals surface area contributed by atoms with E-state index >= 15 is 0 Å². The molecule has 0 radical (unpaired) electrons. The lowest BCUT2D eigenvalue weighted by Gasteiger charge is -2.44. The van der Waals surface area contributed by atoms with Crippen LogP contribution in [0.3, 0.4) is 0 Å². The van der Waals surface area contributed by atoms with Crippen LogP contribution in [0.2, 0.25) is 0 Å². The van der Waals surface area contributed by atoms with E-state index < -0.39 is 11.3 Å². The Hall–Kier alpha value is -1.27. The quantitative estimate of drug-likeness (QED) is 0.450. The fourth-order valence-electron chi connectivity index (χ4n) is 2.59. The maximum Gasteiger partial charge on any atom is 0.310 e. The predicted octanol–water partition coefficient (Wildman–Crippen LogP) is -4.33. The van der Waals surface area contributed by atoms with Gasteiger partial charge in [-0.2, -0.15) is 0 Å². The maximum atomic E-state index is 12.9. The number of nitrogens with zero attached hydrogens (tertiary/aromatic N) is 1. The van der Waals surface area contributed by atoms with Gasteiger partial charge in [-0.1, -0.05) is 5.24 Å². The number of hydrogen-bond donors (Lipinski definition) is 1. The summed E-state index contributed by atoms with van der Waals surface area (Å²) in [6.07, 6.45) is 0. The summed E-state index contributed by atoms with van der Waals surface area (Å²) >= 11 is 0. The van der Waals surface area contributed by atoms with Crippen LogP contribution in [0.25, 0.3) is 0 Å². The SMILES string of the molecule is BC1(O)Oc2ccc(C(=O)C(B)(C)N(C)C(B)(B)B)cc2O1. The van der Waals surface area contributed by atoms with Crippen LogP contribution < -0.4 is 9.47 Å². The van der Waals surface area contributed by atoms with Crippen molar-refractivity contribution >= 4 is 45.0 Å². The minimum atomic E-state index is -1.68. The van der Waals surface area contributed by atoms with Gasteiger partial charge in [0, 0.05) is 11.0 Å². The van der Waals surface area contributed by atoms with Gasteiger partial charge >= 0.3 is 5.87 Å². The largest absolute Gasteiger partial charge is 0.435 e. The Morgan fingerprint density at radius 3 is 2.32 bits per heavy atom. The van der Waals surface area contributed by atoms with Gasteiger partial charge in [-0.05, 0) is 32.2 Å². The second-order valence-electron chi connectivity index (χ2n) is 7.38. The third-order valence-corrected chi connectivity index (χ3v) is 4.20. The molecule has 0 saturated carbocycles. The first-order valence-corrected chi connectivity index (χ1v) is 7.38. The number of ketones is 1. The van der Waals surface area contributed by atoms with Gasteiger partial charge in [-0.15, -0.1) is 0 Å². The van der Waals surface area contributed by atoms with Gasteiger partial charge in [-0.25, -0.2) is 0 Å². The summed E-state index contributed by atoms with van der Waals surface area (Å²) < 4.78 is 10.5. The first-order chi connectivity index (χ1) is 9.84.